The van der Waals surface area contributed by atoms with E-state index in [4.69, 9.17) is 14.2 Å². The van der Waals surface area contributed by atoms with E-state index >= 15 is 0 Å². The number of ether oxygens (including phenoxy) is 3. The van der Waals surface area contributed by atoms with Gasteiger partial charge in [-0.25, -0.2) is 9.79 Å². The van der Waals surface area contributed by atoms with Crippen LogP contribution in [0.1, 0.15) is 22.3 Å². The molecule has 8 nitrogen and oxygen atoms in total. The van der Waals surface area contributed by atoms with E-state index in [2.05, 4.69) is 20.9 Å². The number of esters is 1. The van der Waals surface area contributed by atoms with Gasteiger partial charge >= 0.3 is 5.97 Å². The van der Waals surface area contributed by atoms with Crippen molar-refractivity contribution in [1.82, 2.24) is 0 Å². The Morgan fingerprint density at radius 1 is 1.14 bits per heavy atom. The number of carbonyl (C=O) groups excluding carboxylic acids is 1. The number of hydrogen-bond acceptors (Lipinski definition) is 7. The summed E-state index contributed by atoms with van der Waals surface area (Å²) < 4.78 is 17.4. The van der Waals surface area contributed by atoms with Gasteiger partial charge in [-0.3, -0.25) is 10.1 Å². The molecule has 0 fully saturated rings. The maximum absolute atomic E-state index is 12.4. The van der Waals surface area contributed by atoms with Gasteiger partial charge in [-0.1, -0.05) is 36.4 Å². The SMILES string of the molecule is COc1cc(/C=C2\N=C(c3ccc(C)c([N+](=O)[O-])c3)OC2=O)cc(Br)c1OCCc1ccccc1. The molecule has 0 aromatic heterocycles. The molecule has 3 aromatic rings. The lowest BCUT2D eigenvalue weighted by molar-refractivity contribution is -0.385. The molecule has 3 aromatic carbocycles. The number of carbonyl (C=O) groups is 1. The average molecular weight is 537 g/mol. The maximum atomic E-state index is 12.4. The summed E-state index contributed by atoms with van der Waals surface area (Å²) >= 11 is 3.52. The van der Waals surface area contributed by atoms with Gasteiger partial charge < -0.3 is 14.2 Å². The topological polar surface area (TPSA) is 100 Å². The Labute approximate surface area is 210 Å². The highest BCUT2D eigenvalue weighted by atomic mass is 79.9. The lowest BCUT2D eigenvalue weighted by Gasteiger charge is -2.13. The van der Waals surface area contributed by atoms with Crippen molar-refractivity contribution in [3.63, 3.8) is 0 Å². The van der Waals surface area contributed by atoms with Crippen LogP contribution < -0.4 is 9.47 Å². The lowest BCUT2D eigenvalue weighted by Crippen LogP contribution is -2.06. The molecule has 1 heterocycles. The van der Waals surface area contributed by atoms with Crippen LogP contribution in [0.25, 0.3) is 6.08 Å². The van der Waals surface area contributed by atoms with E-state index in [9.17, 15) is 14.9 Å². The Morgan fingerprint density at radius 2 is 1.91 bits per heavy atom. The minimum Gasteiger partial charge on any atom is -0.493 e. The number of hydrogen-bond donors (Lipinski definition) is 0. The number of halogens is 1. The second-order valence-corrected chi connectivity index (χ2v) is 8.57. The number of rotatable bonds is 8. The molecule has 0 unspecified atom stereocenters. The molecular weight excluding hydrogens is 516 g/mol. The summed E-state index contributed by atoms with van der Waals surface area (Å²) in [7, 11) is 1.53. The summed E-state index contributed by atoms with van der Waals surface area (Å²) in [4.78, 5) is 27.4. The van der Waals surface area contributed by atoms with Crippen molar-refractivity contribution in [2.75, 3.05) is 13.7 Å². The first-order valence-electron chi connectivity index (χ1n) is 10.7. The number of methoxy groups -OCH3 is 1. The lowest BCUT2D eigenvalue weighted by atomic mass is 10.1. The fourth-order valence-electron chi connectivity index (χ4n) is 3.51. The summed E-state index contributed by atoms with van der Waals surface area (Å²) in [6, 6.07) is 18.1. The highest BCUT2D eigenvalue weighted by Crippen LogP contribution is 2.37. The second kappa shape index (κ2) is 10.5. The quantitative estimate of drug-likeness (QED) is 0.160. The monoisotopic (exact) mass is 536 g/mol. The van der Waals surface area contributed by atoms with Crippen LogP contribution in [-0.2, 0) is 16.0 Å². The fourth-order valence-corrected chi connectivity index (χ4v) is 4.08. The van der Waals surface area contributed by atoms with E-state index in [1.165, 1.54) is 13.2 Å². The maximum Gasteiger partial charge on any atom is 0.363 e. The fraction of sp³-hybridized carbons (Fsp3) is 0.154. The Kier molecular flexibility index (Phi) is 7.26. The van der Waals surface area contributed by atoms with Crippen molar-refractivity contribution in [2.24, 2.45) is 4.99 Å². The van der Waals surface area contributed by atoms with Gasteiger partial charge in [0.05, 0.1) is 23.1 Å². The number of cyclic esters (lactones) is 1. The zero-order valence-electron chi connectivity index (χ0n) is 19.0. The third-order valence-corrected chi connectivity index (χ3v) is 5.90. The van der Waals surface area contributed by atoms with E-state index in [1.54, 1.807) is 37.3 Å². The van der Waals surface area contributed by atoms with Crippen LogP contribution in [0, 0.1) is 17.0 Å². The molecule has 0 saturated heterocycles. The van der Waals surface area contributed by atoms with Crippen LogP contribution in [0.3, 0.4) is 0 Å². The molecule has 0 atom stereocenters. The Hall–Kier alpha value is -3.98. The van der Waals surface area contributed by atoms with Crippen LogP contribution in [0.2, 0.25) is 0 Å². The predicted octanol–water partition coefficient (Wildman–Crippen LogP) is 5.64. The molecule has 0 radical (unpaired) electrons. The van der Waals surface area contributed by atoms with E-state index in [0.717, 1.165) is 12.0 Å². The highest BCUT2D eigenvalue weighted by molar-refractivity contribution is 9.10. The molecule has 0 aliphatic carbocycles. The zero-order chi connectivity index (χ0) is 24.9. The molecular formula is C26H21BrN2O6. The molecule has 0 amide bonds. The van der Waals surface area contributed by atoms with Gasteiger partial charge in [0.15, 0.2) is 17.2 Å². The van der Waals surface area contributed by atoms with E-state index in [-0.39, 0.29) is 17.3 Å². The number of aliphatic imine (C=N–C) groups is 1. The Morgan fingerprint density at radius 3 is 2.63 bits per heavy atom. The molecule has 0 spiro atoms. The molecule has 9 heteroatoms. The molecule has 0 saturated carbocycles. The van der Waals surface area contributed by atoms with Crippen LogP contribution >= 0.6 is 15.9 Å². The van der Waals surface area contributed by atoms with Crippen LogP contribution in [0.15, 0.2) is 75.8 Å². The molecule has 1 aliphatic heterocycles. The minimum atomic E-state index is -0.651. The molecule has 1 aliphatic rings. The number of benzene rings is 3. The van der Waals surface area contributed by atoms with Crippen LogP contribution in [0.5, 0.6) is 11.5 Å². The number of nitro groups is 1. The summed E-state index contributed by atoms with van der Waals surface area (Å²) in [6.45, 7) is 2.10. The number of nitrogens with zero attached hydrogens (tertiary/aromatic N) is 2. The number of aryl methyl sites for hydroxylation is 1. The zero-order valence-corrected chi connectivity index (χ0v) is 20.6. The third-order valence-electron chi connectivity index (χ3n) is 5.31. The molecule has 0 N–H and O–H groups in total. The first-order valence-corrected chi connectivity index (χ1v) is 11.5. The van der Waals surface area contributed by atoms with Gasteiger partial charge in [0.1, 0.15) is 0 Å². The standard InChI is InChI=1S/C26H21BrN2O6/c1-16-8-9-19(15-22(16)29(31)32)25-28-21(26(30)35-25)13-18-12-20(27)24(23(14-18)33-2)34-11-10-17-6-4-3-5-7-17/h3-9,12-15H,10-11H2,1-2H3/b21-13-. The van der Waals surface area contributed by atoms with Crippen molar-refractivity contribution in [1.29, 1.82) is 0 Å². The van der Waals surface area contributed by atoms with Crippen molar-refractivity contribution in [3.8, 4) is 11.5 Å². The average Bonchev–Trinajstić information content (AvgIpc) is 3.20. The summed E-state index contributed by atoms with van der Waals surface area (Å²) in [5.41, 5.74) is 2.64. The third kappa shape index (κ3) is 5.58. The van der Waals surface area contributed by atoms with Crippen molar-refractivity contribution in [2.45, 2.75) is 13.3 Å². The highest BCUT2D eigenvalue weighted by Gasteiger charge is 2.26. The van der Waals surface area contributed by atoms with Crippen molar-refractivity contribution in [3.05, 3.63) is 103 Å². The summed E-state index contributed by atoms with van der Waals surface area (Å²) in [5, 5.41) is 11.2. The van der Waals surface area contributed by atoms with Gasteiger partial charge in [-0.05, 0) is 58.3 Å². The van der Waals surface area contributed by atoms with Gasteiger partial charge in [0.25, 0.3) is 5.69 Å². The van der Waals surface area contributed by atoms with E-state index in [0.29, 0.717) is 39.3 Å². The second-order valence-electron chi connectivity index (χ2n) is 7.71. The van der Waals surface area contributed by atoms with Gasteiger partial charge in [-0.15, -0.1) is 0 Å². The van der Waals surface area contributed by atoms with E-state index in [1.807, 2.05) is 30.3 Å². The summed E-state index contributed by atoms with van der Waals surface area (Å²) in [6.07, 6.45) is 2.29. The van der Waals surface area contributed by atoms with Gasteiger partial charge in [-0.2, -0.15) is 0 Å². The number of nitro benzene ring substituents is 1. The first-order chi connectivity index (χ1) is 16.9. The Bertz CT molecular complexity index is 1350. The summed E-state index contributed by atoms with van der Waals surface area (Å²) in [5.74, 6) is 0.400. The van der Waals surface area contributed by atoms with Crippen LogP contribution in [-0.4, -0.2) is 30.5 Å². The van der Waals surface area contributed by atoms with Gasteiger partial charge in [0, 0.05) is 23.6 Å². The molecule has 4 rings (SSSR count). The van der Waals surface area contributed by atoms with Crippen molar-refractivity contribution < 1.29 is 23.9 Å². The smallest absolute Gasteiger partial charge is 0.363 e. The van der Waals surface area contributed by atoms with Crippen LogP contribution in [0.4, 0.5) is 5.69 Å². The molecule has 35 heavy (non-hydrogen) atoms. The van der Waals surface area contributed by atoms with E-state index < -0.39 is 10.9 Å². The minimum absolute atomic E-state index is 0.0104. The molecule has 0 bridgehead atoms. The van der Waals surface area contributed by atoms with Crippen molar-refractivity contribution >= 4 is 39.6 Å². The normalized spacial score (nSPS) is 14.0. The molecule has 178 valence electrons. The predicted molar refractivity (Wildman–Crippen MR) is 135 cm³/mol. The first kappa shape index (κ1) is 24.2. The van der Waals surface area contributed by atoms with Gasteiger partial charge in [0.2, 0.25) is 5.90 Å². The largest absolute Gasteiger partial charge is 0.493 e. The Balaban J connectivity index is 1.56.